The highest BCUT2D eigenvalue weighted by Gasteiger charge is 2.46. The molecule has 1 spiro atoms. The predicted octanol–water partition coefficient (Wildman–Crippen LogP) is 2.43. The molecule has 2 nitrogen and oxygen atoms in total. The standard InChI is InChI=1S/C13H23NOS/c1-2-4-11(3-1)12-13(15-8-7-14-12)5-9-16-10-6-13/h11-12,14H,1-10H2. The highest BCUT2D eigenvalue weighted by Crippen LogP contribution is 2.41. The molecule has 3 heteroatoms. The van der Waals surface area contributed by atoms with Crippen LogP contribution in [0.3, 0.4) is 0 Å². The largest absolute Gasteiger partial charge is 0.372 e. The van der Waals surface area contributed by atoms with Crippen LogP contribution in [0.5, 0.6) is 0 Å². The fourth-order valence-electron chi connectivity index (χ4n) is 3.80. The SMILES string of the molecule is C1CCC(C2NCCOC23CCSCC3)C1. The molecule has 3 rings (SSSR count). The minimum absolute atomic E-state index is 0.207. The Morgan fingerprint density at radius 2 is 1.88 bits per heavy atom. The summed E-state index contributed by atoms with van der Waals surface area (Å²) in [6, 6.07) is 0.657. The number of hydrogen-bond donors (Lipinski definition) is 1. The highest BCUT2D eigenvalue weighted by atomic mass is 32.2. The number of thioether (sulfide) groups is 1. The lowest BCUT2D eigenvalue weighted by Gasteiger charge is -2.49. The van der Waals surface area contributed by atoms with Crippen molar-refractivity contribution in [2.24, 2.45) is 5.92 Å². The van der Waals surface area contributed by atoms with E-state index < -0.39 is 0 Å². The van der Waals surface area contributed by atoms with Gasteiger partial charge in [0, 0.05) is 12.6 Å². The summed E-state index contributed by atoms with van der Waals surface area (Å²) in [7, 11) is 0. The third-order valence-corrected chi connectivity index (χ3v) is 5.62. The molecule has 0 amide bonds. The maximum Gasteiger partial charge on any atom is 0.0853 e. The molecule has 2 heterocycles. The van der Waals surface area contributed by atoms with Gasteiger partial charge in [0.2, 0.25) is 0 Å². The Balaban J connectivity index is 1.76. The van der Waals surface area contributed by atoms with Crippen molar-refractivity contribution in [3.05, 3.63) is 0 Å². The molecule has 1 unspecified atom stereocenters. The molecule has 2 saturated heterocycles. The summed E-state index contributed by atoms with van der Waals surface area (Å²) < 4.78 is 6.26. The second kappa shape index (κ2) is 4.87. The smallest absolute Gasteiger partial charge is 0.0853 e. The maximum absolute atomic E-state index is 6.26. The van der Waals surface area contributed by atoms with Crippen molar-refractivity contribution < 1.29 is 4.74 Å². The van der Waals surface area contributed by atoms with Crippen LogP contribution in [0.15, 0.2) is 0 Å². The first kappa shape index (κ1) is 11.4. The van der Waals surface area contributed by atoms with E-state index in [1.807, 2.05) is 0 Å². The van der Waals surface area contributed by atoms with Crippen LogP contribution in [-0.4, -0.2) is 36.3 Å². The molecule has 2 aliphatic heterocycles. The number of rotatable bonds is 1. The van der Waals surface area contributed by atoms with Crippen molar-refractivity contribution in [1.29, 1.82) is 0 Å². The summed E-state index contributed by atoms with van der Waals surface area (Å²) in [6.07, 6.45) is 8.27. The minimum Gasteiger partial charge on any atom is -0.372 e. The Bertz CT molecular complexity index is 226. The van der Waals surface area contributed by atoms with Crippen molar-refractivity contribution >= 4 is 11.8 Å². The molecule has 0 aromatic carbocycles. The van der Waals surface area contributed by atoms with Gasteiger partial charge >= 0.3 is 0 Å². The van der Waals surface area contributed by atoms with Gasteiger partial charge in [-0.3, -0.25) is 0 Å². The van der Waals surface area contributed by atoms with Crippen LogP contribution in [0, 0.1) is 5.92 Å². The highest BCUT2D eigenvalue weighted by molar-refractivity contribution is 7.99. The Hall–Kier alpha value is 0.270. The fraction of sp³-hybridized carbons (Fsp3) is 1.00. The van der Waals surface area contributed by atoms with E-state index in [9.17, 15) is 0 Å². The van der Waals surface area contributed by atoms with Gasteiger partial charge in [-0.15, -0.1) is 0 Å². The number of morpholine rings is 1. The van der Waals surface area contributed by atoms with Gasteiger partial charge in [0.1, 0.15) is 0 Å². The second-order valence-electron chi connectivity index (χ2n) is 5.50. The van der Waals surface area contributed by atoms with Crippen LogP contribution in [0.1, 0.15) is 38.5 Å². The number of nitrogens with one attached hydrogen (secondary N) is 1. The third-order valence-electron chi connectivity index (χ3n) is 4.63. The van der Waals surface area contributed by atoms with Crippen molar-refractivity contribution in [3.8, 4) is 0 Å². The van der Waals surface area contributed by atoms with E-state index >= 15 is 0 Å². The quantitative estimate of drug-likeness (QED) is 0.762. The van der Waals surface area contributed by atoms with Crippen molar-refractivity contribution in [2.75, 3.05) is 24.7 Å². The van der Waals surface area contributed by atoms with Crippen LogP contribution in [0.2, 0.25) is 0 Å². The topological polar surface area (TPSA) is 21.3 Å². The molecule has 0 bridgehead atoms. The molecule has 0 aromatic rings. The Labute approximate surface area is 103 Å². The number of ether oxygens (including phenoxy) is 1. The summed E-state index contributed by atoms with van der Waals surface area (Å²) in [5.74, 6) is 3.49. The third kappa shape index (κ3) is 2.02. The molecule has 1 aliphatic carbocycles. The van der Waals surface area contributed by atoms with Gasteiger partial charge in [-0.25, -0.2) is 0 Å². The van der Waals surface area contributed by atoms with E-state index in [4.69, 9.17) is 4.74 Å². The zero-order valence-electron chi connectivity index (χ0n) is 10.0. The molecule has 3 fully saturated rings. The van der Waals surface area contributed by atoms with Crippen LogP contribution in [-0.2, 0) is 4.74 Å². The molecule has 1 saturated carbocycles. The van der Waals surface area contributed by atoms with E-state index in [0.717, 1.165) is 19.1 Å². The summed E-state index contributed by atoms with van der Waals surface area (Å²) in [4.78, 5) is 0. The lowest BCUT2D eigenvalue weighted by atomic mass is 9.78. The Morgan fingerprint density at radius 3 is 2.62 bits per heavy atom. The Kier molecular flexibility index (Phi) is 3.46. The van der Waals surface area contributed by atoms with Crippen molar-refractivity contribution in [2.45, 2.75) is 50.2 Å². The van der Waals surface area contributed by atoms with Crippen LogP contribution < -0.4 is 5.32 Å². The zero-order chi connectivity index (χ0) is 10.8. The Morgan fingerprint density at radius 1 is 1.12 bits per heavy atom. The average molecular weight is 241 g/mol. The molecule has 1 atom stereocenters. The molecule has 16 heavy (non-hydrogen) atoms. The fourth-order valence-corrected chi connectivity index (χ4v) is 4.99. The van der Waals surface area contributed by atoms with Gasteiger partial charge < -0.3 is 10.1 Å². The monoisotopic (exact) mass is 241 g/mol. The number of hydrogen-bond acceptors (Lipinski definition) is 3. The lowest BCUT2D eigenvalue weighted by molar-refractivity contribution is -0.115. The van der Waals surface area contributed by atoms with Crippen molar-refractivity contribution in [1.82, 2.24) is 5.32 Å². The summed E-state index contributed by atoms with van der Waals surface area (Å²) in [6.45, 7) is 1.99. The van der Waals surface area contributed by atoms with Crippen LogP contribution in [0.4, 0.5) is 0 Å². The first-order chi connectivity index (χ1) is 7.91. The summed E-state index contributed by atoms with van der Waals surface area (Å²) in [5, 5.41) is 3.79. The van der Waals surface area contributed by atoms with E-state index in [0.29, 0.717) is 6.04 Å². The van der Waals surface area contributed by atoms with Crippen molar-refractivity contribution in [3.63, 3.8) is 0 Å². The van der Waals surface area contributed by atoms with E-state index in [-0.39, 0.29) is 5.60 Å². The molecule has 1 N–H and O–H groups in total. The summed E-state index contributed by atoms with van der Waals surface area (Å²) >= 11 is 2.10. The predicted molar refractivity (Wildman–Crippen MR) is 69.0 cm³/mol. The van der Waals surface area contributed by atoms with Crippen LogP contribution >= 0.6 is 11.8 Å². The summed E-state index contributed by atoms with van der Waals surface area (Å²) in [5.41, 5.74) is 0.207. The maximum atomic E-state index is 6.26. The van der Waals surface area contributed by atoms with Gasteiger partial charge in [0.15, 0.2) is 0 Å². The molecule has 0 aromatic heterocycles. The van der Waals surface area contributed by atoms with E-state index in [1.165, 1.54) is 50.0 Å². The van der Waals surface area contributed by atoms with E-state index in [2.05, 4.69) is 17.1 Å². The molecular formula is C13H23NOS. The molecule has 92 valence electrons. The van der Waals surface area contributed by atoms with Gasteiger partial charge in [-0.05, 0) is 43.1 Å². The first-order valence-electron chi connectivity index (χ1n) is 6.86. The van der Waals surface area contributed by atoms with E-state index in [1.54, 1.807) is 0 Å². The normalized spacial score (nSPS) is 35.6. The van der Waals surface area contributed by atoms with Gasteiger partial charge in [0.05, 0.1) is 12.2 Å². The average Bonchev–Trinajstić information content (AvgIpc) is 2.84. The van der Waals surface area contributed by atoms with Crippen LogP contribution in [0.25, 0.3) is 0 Å². The molecule has 3 aliphatic rings. The zero-order valence-corrected chi connectivity index (χ0v) is 10.9. The second-order valence-corrected chi connectivity index (χ2v) is 6.73. The van der Waals surface area contributed by atoms with Gasteiger partial charge in [0.25, 0.3) is 0 Å². The molecule has 0 radical (unpaired) electrons. The van der Waals surface area contributed by atoms with Gasteiger partial charge in [-0.1, -0.05) is 12.8 Å². The molecular weight excluding hydrogens is 218 g/mol. The first-order valence-corrected chi connectivity index (χ1v) is 8.01. The van der Waals surface area contributed by atoms with Gasteiger partial charge in [-0.2, -0.15) is 11.8 Å². The minimum atomic E-state index is 0.207. The lowest BCUT2D eigenvalue weighted by Crippen LogP contribution is -2.62.